The zero-order chi connectivity index (χ0) is 17.4. The van der Waals surface area contributed by atoms with Gasteiger partial charge in [0.1, 0.15) is 11.3 Å². The topological polar surface area (TPSA) is 91.8 Å². The smallest absolute Gasteiger partial charge is 0.262 e. The Labute approximate surface area is 143 Å². The summed E-state index contributed by atoms with van der Waals surface area (Å²) in [5.74, 6) is 1.43. The minimum atomic E-state index is 0.242. The minimum absolute atomic E-state index is 0.242. The fraction of sp³-hybridized carbons (Fsp3) is 0.235. The maximum atomic E-state index is 5.39. The second-order valence-corrected chi connectivity index (χ2v) is 5.83. The van der Waals surface area contributed by atoms with Crippen molar-refractivity contribution in [2.45, 2.75) is 19.9 Å². The zero-order valence-electron chi connectivity index (χ0n) is 14.0. The minimum Gasteiger partial charge on any atom is -0.494 e. The molecule has 0 unspecified atom stereocenters. The van der Waals surface area contributed by atoms with Crippen LogP contribution in [-0.2, 0) is 0 Å². The monoisotopic (exact) mass is 336 g/mol. The molecule has 0 spiro atoms. The number of benzene rings is 1. The third kappa shape index (κ3) is 2.61. The first-order valence-electron chi connectivity index (χ1n) is 7.85. The lowest BCUT2D eigenvalue weighted by Gasteiger charge is -2.04. The molecule has 0 saturated heterocycles. The molecule has 4 aromatic rings. The highest BCUT2D eigenvalue weighted by molar-refractivity contribution is 5.80. The van der Waals surface area contributed by atoms with Crippen molar-refractivity contribution in [1.29, 1.82) is 0 Å². The van der Waals surface area contributed by atoms with Crippen LogP contribution in [0.5, 0.6) is 5.75 Å². The Hall–Kier alpha value is -3.29. The summed E-state index contributed by atoms with van der Waals surface area (Å²) in [6, 6.07) is 7.82. The lowest BCUT2D eigenvalue weighted by atomic mass is 10.2. The Morgan fingerprint density at radius 1 is 1.20 bits per heavy atom. The van der Waals surface area contributed by atoms with Crippen LogP contribution in [0.15, 0.2) is 41.2 Å². The molecule has 8 heteroatoms. The molecule has 0 atom stereocenters. The summed E-state index contributed by atoms with van der Waals surface area (Å²) >= 11 is 0. The van der Waals surface area contributed by atoms with Gasteiger partial charge in [-0.25, -0.2) is 4.68 Å². The van der Waals surface area contributed by atoms with Crippen molar-refractivity contribution in [3.05, 3.63) is 36.7 Å². The fourth-order valence-electron chi connectivity index (χ4n) is 2.63. The number of ether oxygens (including phenoxy) is 1. The highest BCUT2D eigenvalue weighted by atomic mass is 16.5. The van der Waals surface area contributed by atoms with Crippen LogP contribution in [0.1, 0.15) is 19.9 Å². The van der Waals surface area contributed by atoms with Gasteiger partial charge in [-0.15, -0.1) is 5.10 Å². The van der Waals surface area contributed by atoms with E-state index < -0.39 is 0 Å². The molecule has 0 radical (unpaired) electrons. The van der Waals surface area contributed by atoms with Crippen LogP contribution in [0.3, 0.4) is 0 Å². The molecular formula is C17H16N6O2. The second-order valence-electron chi connectivity index (χ2n) is 5.83. The van der Waals surface area contributed by atoms with Gasteiger partial charge < -0.3 is 9.26 Å². The van der Waals surface area contributed by atoms with Gasteiger partial charge in [0, 0.05) is 17.8 Å². The summed E-state index contributed by atoms with van der Waals surface area (Å²) in [5.41, 5.74) is 3.27. The maximum Gasteiger partial charge on any atom is 0.262 e. The van der Waals surface area contributed by atoms with Crippen molar-refractivity contribution in [2.24, 2.45) is 0 Å². The van der Waals surface area contributed by atoms with E-state index in [0.717, 1.165) is 16.6 Å². The summed E-state index contributed by atoms with van der Waals surface area (Å²) in [4.78, 5) is 8.49. The number of pyridine rings is 1. The Balaban J connectivity index is 1.74. The van der Waals surface area contributed by atoms with Crippen LogP contribution < -0.4 is 4.74 Å². The lowest BCUT2D eigenvalue weighted by Crippen LogP contribution is -2.02. The Morgan fingerprint density at radius 2 is 2.08 bits per heavy atom. The largest absolute Gasteiger partial charge is 0.494 e. The molecule has 0 aliphatic rings. The van der Waals surface area contributed by atoms with Gasteiger partial charge in [0.15, 0.2) is 0 Å². The van der Waals surface area contributed by atoms with Gasteiger partial charge in [0.05, 0.1) is 24.4 Å². The number of rotatable bonds is 4. The van der Waals surface area contributed by atoms with Gasteiger partial charge in [-0.05, 0) is 38.1 Å². The zero-order valence-corrected chi connectivity index (χ0v) is 14.0. The highest BCUT2D eigenvalue weighted by Crippen LogP contribution is 2.29. The van der Waals surface area contributed by atoms with E-state index in [4.69, 9.17) is 9.26 Å². The summed E-state index contributed by atoms with van der Waals surface area (Å²) in [5, 5.41) is 12.5. The van der Waals surface area contributed by atoms with Crippen LogP contribution in [-0.4, -0.2) is 37.2 Å². The molecule has 126 valence electrons. The number of nitrogens with zero attached hydrogens (tertiary/aromatic N) is 6. The van der Waals surface area contributed by atoms with Crippen LogP contribution >= 0.6 is 0 Å². The summed E-state index contributed by atoms with van der Waals surface area (Å²) in [6.45, 7) is 4.13. The molecule has 0 fully saturated rings. The SMILES string of the molecule is COc1cnccc1-c1nc(-c2ccc3c(c2)nnn3C(C)C)no1. The number of methoxy groups -OCH3 is 1. The van der Waals surface area contributed by atoms with Crippen LogP contribution in [0.2, 0.25) is 0 Å². The molecule has 1 aromatic carbocycles. The lowest BCUT2D eigenvalue weighted by molar-refractivity contribution is 0.404. The van der Waals surface area contributed by atoms with Crippen molar-refractivity contribution < 1.29 is 9.26 Å². The van der Waals surface area contributed by atoms with Gasteiger partial charge >= 0.3 is 0 Å². The Morgan fingerprint density at radius 3 is 2.88 bits per heavy atom. The normalized spacial score (nSPS) is 11.4. The van der Waals surface area contributed by atoms with Crippen molar-refractivity contribution in [2.75, 3.05) is 7.11 Å². The first kappa shape index (κ1) is 15.3. The molecule has 25 heavy (non-hydrogen) atoms. The van der Waals surface area contributed by atoms with Gasteiger partial charge in [-0.1, -0.05) is 10.4 Å². The van der Waals surface area contributed by atoms with E-state index in [1.54, 1.807) is 25.6 Å². The van der Waals surface area contributed by atoms with Crippen molar-refractivity contribution >= 4 is 11.0 Å². The first-order valence-corrected chi connectivity index (χ1v) is 7.85. The maximum absolute atomic E-state index is 5.39. The predicted octanol–water partition coefficient (Wildman–Crippen LogP) is 3.13. The van der Waals surface area contributed by atoms with Gasteiger partial charge in [0.2, 0.25) is 5.82 Å². The standard InChI is InChI=1S/C17H16N6O2/c1-10(2)23-14-5-4-11(8-13(14)20-22-23)16-19-17(25-21-16)12-6-7-18-9-15(12)24-3/h4-10H,1-3H3. The van der Waals surface area contributed by atoms with E-state index in [0.29, 0.717) is 23.0 Å². The fourth-order valence-corrected chi connectivity index (χ4v) is 2.63. The van der Waals surface area contributed by atoms with Crippen molar-refractivity contribution in [1.82, 2.24) is 30.1 Å². The van der Waals surface area contributed by atoms with Crippen LogP contribution in [0, 0.1) is 0 Å². The Kier molecular flexibility index (Phi) is 3.64. The average Bonchev–Trinajstić information content (AvgIpc) is 3.28. The molecule has 0 saturated carbocycles. The molecule has 0 amide bonds. The van der Waals surface area contributed by atoms with Crippen molar-refractivity contribution in [3.8, 4) is 28.6 Å². The van der Waals surface area contributed by atoms with Gasteiger partial charge in [-0.3, -0.25) is 4.98 Å². The van der Waals surface area contributed by atoms with E-state index in [1.807, 2.05) is 22.9 Å². The number of fused-ring (bicyclic) bond motifs is 1. The average molecular weight is 336 g/mol. The summed E-state index contributed by atoms with van der Waals surface area (Å²) < 4.78 is 12.6. The summed E-state index contributed by atoms with van der Waals surface area (Å²) in [6.07, 6.45) is 3.26. The number of hydrogen-bond acceptors (Lipinski definition) is 7. The molecule has 8 nitrogen and oxygen atoms in total. The molecule has 3 heterocycles. The summed E-state index contributed by atoms with van der Waals surface area (Å²) in [7, 11) is 1.57. The molecule has 0 N–H and O–H groups in total. The third-order valence-electron chi connectivity index (χ3n) is 3.88. The highest BCUT2D eigenvalue weighted by Gasteiger charge is 2.16. The Bertz CT molecular complexity index is 1040. The predicted molar refractivity (Wildman–Crippen MR) is 91.0 cm³/mol. The van der Waals surface area contributed by atoms with E-state index >= 15 is 0 Å². The first-order chi connectivity index (χ1) is 12.2. The van der Waals surface area contributed by atoms with E-state index in [1.165, 1.54) is 0 Å². The van der Waals surface area contributed by atoms with E-state index in [-0.39, 0.29) is 6.04 Å². The van der Waals surface area contributed by atoms with E-state index in [9.17, 15) is 0 Å². The van der Waals surface area contributed by atoms with Crippen molar-refractivity contribution in [3.63, 3.8) is 0 Å². The second kappa shape index (κ2) is 5.97. The molecule has 0 aliphatic carbocycles. The van der Waals surface area contributed by atoms with Gasteiger partial charge in [0.25, 0.3) is 5.89 Å². The van der Waals surface area contributed by atoms with Crippen LogP contribution in [0.4, 0.5) is 0 Å². The number of aromatic nitrogens is 6. The molecule has 0 bridgehead atoms. The molecule has 0 aliphatic heterocycles. The third-order valence-corrected chi connectivity index (χ3v) is 3.88. The van der Waals surface area contributed by atoms with E-state index in [2.05, 4.69) is 39.3 Å². The van der Waals surface area contributed by atoms with Crippen LogP contribution in [0.25, 0.3) is 33.9 Å². The molecule has 3 aromatic heterocycles. The van der Waals surface area contributed by atoms with Gasteiger partial charge in [-0.2, -0.15) is 4.98 Å². The molecular weight excluding hydrogens is 320 g/mol. The quantitative estimate of drug-likeness (QED) is 0.565. The number of hydrogen-bond donors (Lipinski definition) is 0. The molecule has 4 rings (SSSR count).